The summed E-state index contributed by atoms with van der Waals surface area (Å²) in [4.78, 5) is 8.43. The zero-order chi connectivity index (χ0) is 14.7. The predicted molar refractivity (Wildman–Crippen MR) is 78.5 cm³/mol. The van der Waals surface area contributed by atoms with Crippen molar-refractivity contribution < 1.29 is 8.91 Å². The fraction of sp³-hybridized carbons (Fsp3) is 0.0714. The molecule has 0 aliphatic heterocycles. The van der Waals surface area contributed by atoms with Gasteiger partial charge in [0, 0.05) is 11.8 Å². The van der Waals surface area contributed by atoms with Crippen LogP contribution in [0.25, 0.3) is 11.4 Å². The van der Waals surface area contributed by atoms with Gasteiger partial charge in [0.05, 0.1) is 10.8 Å². The molecule has 0 spiro atoms. The maximum atomic E-state index is 12.9. The monoisotopic (exact) mass is 321 g/mol. The summed E-state index contributed by atoms with van der Waals surface area (Å²) in [5.41, 5.74) is 0.701. The largest absolute Gasteiger partial charge is 0.338 e. The zero-order valence-corrected chi connectivity index (χ0v) is 12.2. The van der Waals surface area contributed by atoms with Crippen molar-refractivity contribution in [3.8, 4) is 11.4 Å². The van der Waals surface area contributed by atoms with Crippen molar-refractivity contribution in [1.82, 2.24) is 15.1 Å². The van der Waals surface area contributed by atoms with Gasteiger partial charge >= 0.3 is 0 Å². The normalized spacial score (nSPS) is 10.8. The molecule has 0 aliphatic rings. The molecule has 3 rings (SSSR count). The molecular weight excluding hydrogens is 313 g/mol. The number of rotatable bonds is 4. The van der Waals surface area contributed by atoms with Crippen LogP contribution >= 0.6 is 23.4 Å². The summed E-state index contributed by atoms with van der Waals surface area (Å²) >= 11 is 7.43. The molecular formula is C14H9ClFN3OS. The molecule has 2 aromatic heterocycles. The number of nitrogens with zero attached hydrogens (tertiary/aromatic N) is 3. The minimum absolute atomic E-state index is 0.303. The number of benzene rings is 1. The van der Waals surface area contributed by atoms with Gasteiger partial charge in [-0.15, -0.1) is 0 Å². The summed E-state index contributed by atoms with van der Waals surface area (Å²) < 4.78 is 18.0. The van der Waals surface area contributed by atoms with E-state index in [1.54, 1.807) is 30.5 Å². The number of aromatic nitrogens is 3. The molecule has 0 atom stereocenters. The second-order valence-corrected chi connectivity index (χ2v) is 5.47. The lowest BCUT2D eigenvalue weighted by Gasteiger charge is -1.98. The molecule has 0 aliphatic carbocycles. The van der Waals surface area contributed by atoms with E-state index in [0.29, 0.717) is 33.1 Å². The number of thioether (sulfide) groups is 1. The van der Waals surface area contributed by atoms with Crippen LogP contribution in [0.4, 0.5) is 4.39 Å². The molecule has 4 nitrogen and oxygen atoms in total. The summed E-state index contributed by atoms with van der Waals surface area (Å²) in [6, 6.07) is 9.46. The highest BCUT2D eigenvalue weighted by atomic mass is 35.5. The Kier molecular flexibility index (Phi) is 4.17. The Morgan fingerprint density at radius 1 is 1.19 bits per heavy atom. The quantitative estimate of drug-likeness (QED) is 0.673. The van der Waals surface area contributed by atoms with E-state index in [2.05, 4.69) is 15.1 Å². The van der Waals surface area contributed by atoms with Crippen LogP contribution in [0.2, 0.25) is 5.02 Å². The van der Waals surface area contributed by atoms with E-state index in [1.807, 2.05) is 0 Å². The molecule has 2 heterocycles. The molecule has 106 valence electrons. The number of halogens is 2. The van der Waals surface area contributed by atoms with E-state index >= 15 is 0 Å². The molecule has 0 bridgehead atoms. The van der Waals surface area contributed by atoms with Crippen LogP contribution < -0.4 is 0 Å². The Hall–Kier alpha value is -1.92. The third-order valence-electron chi connectivity index (χ3n) is 2.63. The number of hydrogen-bond donors (Lipinski definition) is 0. The third kappa shape index (κ3) is 3.40. The lowest BCUT2D eigenvalue weighted by molar-refractivity contribution is 0.391. The van der Waals surface area contributed by atoms with Gasteiger partial charge in [0.25, 0.3) is 0 Å². The first kappa shape index (κ1) is 14.0. The maximum Gasteiger partial charge on any atom is 0.237 e. The Balaban J connectivity index is 1.71. The highest BCUT2D eigenvalue weighted by molar-refractivity contribution is 7.98. The summed E-state index contributed by atoms with van der Waals surface area (Å²) in [6.45, 7) is 0. The van der Waals surface area contributed by atoms with E-state index in [4.69, 9.17) is 16.1 Å². The van der Waals surface area contributed by atoms with Crippen molar-refractivity contribution in [3.05, 3.63) is 59.3 Å². The highest BCUT2D eigenvalue weighted by Crippen LogP contribution is 2.27. The van der Waals surface area contributed by atoms with Crippen molar-refractivity contribution in [2.75, 3.05) is 0 Å². The molecule has 21 heavy (non-hydrogen) atoms. The van der Waals surface area contributed by atoms with Gasteiger partial charge in [-0.1, -0.05) is 28.5 Å². The Bertz CT molecular complexity index is 748. The molecule has 0 saturated carbocycles. The Morgan fingerprint density at radius 3 is 2.76 bits per heavy atom. The van der Waals surface area contributed by atoms with Gasteiger partial charge in [-0.05, 0) is 36.4 Å². The fourth-order valence-electron chi connectivity index (χ4n) is 1.64. The minimum Gasteiger partial charge on any atom is -0.338 e. The highest BCUT2D eigenvalue weighted by Gasteiger charge is 2.10. The second kappa shape index (κ2) is 6.24. The van der Waals surface area contributed by atoms with Crippen LogP contribution in [0, 0.1) is 5.82 Å². The van der Waals surface area contributed by atoms with E-state index in [9.17, 15) is 4.39 Å². The molecule has 0 unspecified atom stereocenters. The summed E-state index contributed by atoms with van der Waals surface area (Å²) in [7, 11) is 0. The van der Waals surface area contributed by atoms with Gasteiger partial charge in [0.1, 0.15) is 10.8 Å². The van der Waals surface area contributed by atoms with Crippen molar-refractivity contribution in [1.29, 1.82) is 0 Å². The summed E-state index contributed by atoms with van der Waals surface area (Å²) in [6.07, 6.45) is 1.67. The van der Waals surface area contributed by atoms with Gasteiger partial charge in [-0.3, -0.25) is 0 Å². The first-order chi connectivity index (χ1) is 10.2. The molecule has 3 aromatic rings. The molecule has 0 N–H and O–H groups in total. The van der Waals surface area contributed by atoms with Crippen molar-refractivity contribution in [3.63, 3.8) is 0 Å². The van der Waals surface area contributed by atoms with Crippen molar-refractivity contribution in [2.24, 2.45) is 0 Å². The smallest absolute Gasteiger partial charge is 0.237 e. The predicted octanol–water partition coefficient (Wildman–Crippen LogP) is 4.22. The summed E-state index contributed by atoms with van der Waals surface area (Å²) in [5.74, 6) is 1.05. The lowest BCUT2D eigenvalue weighted by atomic mass is 10.2. The average molecular weight is 322 g/mol. The standard InChI is InChI=1S/C14H9ClFN3OS/c15-11-2-1-7-17-14(11)21-8-12-18-13(19-20-12)9-3-5-10(16)6-4-9/h1-7H,8H2. The average Bonchev–Trinajstić information content (AvgIpc) is 2.96. The van der Waals surface area contributed by atoms with Crippen LogP contribution in [0.3, 0.4) is 0 Å². The lowest BCUT2D eigenvalue weighted by Crippen LogP contribution is -1.85. The van der Waals surface area contributed by atoms with Crippen LogP contribution in [-0.4, -0.2) is 15.1 Å². The molecule has 0 radical (unpaired) electrons. The molecule has 0 amide bonds. The minimum atomic E-state index is -0.303. The van der Waals surface area contributed by atoms with Gasteiger partial charge in [-0.2, -0.15) is 4.98 Å². The van der Waals surface area contributed by atoms with Crippen LogP contribution in [0.15, 0.2) is 52.1 Å². The maximum absolute atomic E-state index is 12.9. The van der Waals surface area contributed by atoms with E-state index < -0.39 is 0 Å². The van der Waals surface area contributed by atoms with E-state index in [0.717, 1.165) is 0 Å². The van der Waals surface area contributed by atoms with Gasteiger partial charge in [0.15, 0.2) is 0 Å². The van der Waals surface area contributed by atoms with Crippen molar-refractivity contribution >= 4 is 23.4 Å². The van der Waals surface area contributed by atoms with E-state index in [1.165, 1.54) is 23.9 Å². The van der Waals surface area contributed by atoms with Gasteiger partial charge in [-0.25, -0.2) is 9.37 Å². The Labute approximate surface area is 129 Å². The topological polar surface area (TPSA) is 51.8 Å². The number of pyridine rings is 1. The van der Waals surface area contributed by atoms with Crippen molar-refractivity contribution in [2.45, 2.75) is 10.8 Å². The first-order valence-corrected chi connectivity index (χ1v) is 7.40. The van der Waals surface area contributed by atoms with Gasteiger partial charge < -0.3 is 4.52 Å². The van der Waals surface area contributed by atoms with Crippen LogP contribution in [-0.2, 0) is 5.75 Å². The van der Waals surface area contributed by atoms with Crippen LogP contribution in [0.1, 0.15) is 5.89 Å². The SMILES string of the molecule is Fc1ccc(-c2noc(CSc3ncccc3Cl)n2)cc1. The second-order valence-electron chi connectivity index (χ2n) is 4.10. The summed E-state index contributed by atoms with van der Waals surface area (Å²) in [5, 5.41) is 5.17. The zero-order valence-electron chi connectivity index (χ0n) is 10.7. The first-order valence-electron chi connectivity index (χ1n) is 6.04. The molecule has 0 saturated heterocycles. The third-order valence-corrected chi connectivity index (χ3v) is 4.03. The number of hydrogen-bond acceptors (Lipinski definition) is 5. The molecule has 0 fully saturated rings. The molecule has 7 heteroatoms. The van der Waals surface area contributed by atoms with E-state index in [-0.39, 0.29) is 5.82 Å². The fourth-order valence-corrected chi connectivity index (χ4v) is 2.64. The Morgan fingerprint density at radius 2 is 2.00 bits per heavy atom. The molecule has 1 aromatic carbocycles. The van der Waals surface area contributed by atoms with Crippen LogP contribution in [0.5, 0.6) is 0 Å². The van der Waals surface area contributed by atoms with Gasteiger partial charge in [0.2, 0.25) is 11.7 Å².